The van der Waals surface area contributed by atoms with Crippen LogP contribution < -0.4 is 5.73 Å². The van der Waals surface area contributed by atoms with Gasteiger partial charge in [-0.05, 0) is 37.8 Å². The molecule has 2 rings (SSSR count). The lowest BCUT2D eigenvalue weighted by Gasteiger charge is -2.28. The van der Waals surface area contributed by atoms with Crippen molar-refractivity contribution in [3.8, 4) is 0 Å². The molecule has 94 valence electrons. The van der Waals surface area contributed by atoms with Crippen molar-refractivity contribution in [2.24, 2.45) is 5.73 Å². The van der Waals surface area contributed by atoms with Crippen molar-refractivity contribution in [3.63, 3.8) is 0 Å². The third kappa shape index (κ3) is 3.01. The molecule has 0 radical (unpaired) electrons. The predicted molar refractivity (Wildman–Crippen MR) is 61.6 cm³/mol. The van der Waals surface area contributed by atoms with E-state index in [1.54, 1.807) is 0 Å². The zero-order valence-corrected chi connectivity index (χ0v) is 9.66. The van der Waals surface area contributed by atoms with Crippen LogP contribution in [-0.2, 0) is 11.2 Å². The Bertz CT molecular complexity index is 357. The monoisotopic (exact) mass is 241 g/mol. The number of ether oxygens (including phenoxy) is 1. The minimum atomic E-state index is -0.531. The highest BCUT2D eigenvalue weighted by atomic mass is 19.1. The first kappa shape index (κ1) is 12.5. The molecule has 0 saturated carbocycles. The normalized spacial score (nSPS) is 22.4. The van der Waals surface area contributed by atoms with Gasteiger partial charge in [-0.3, -0.25) is 0 Å². The van der Waals surface area contributed by atoms with Gasteiger partial charge in [-0.2, -0.15) is 0 Å². The second kappa shape index (κ2) is 5.56. The van der Waals surface area contributed by atoms with Gasteiger partial charge in [0, 0.05) is 18.2 Å². The summed E-state index contributed by atoms with van der Waals surface area (Å²) in [4.78, 5) is 0. The summed E-state index contributed by atoms with van der Waals surface area (Å²) in [6.07, 6.45) is 3.08. The third-order valence-corrected chi connectivity index (χ3v) is 3.19. The van der Waals surface area contributed by atoms with Crippen molar-refractivity contribution in [2.75, 3.05) is 6.61 Å². The first-order valence-electron chi connectivity index (χ1n) is 5.98. The lowest BCUT2D eigenvalue weighted by Crippen LogP contribution is -2.40. The van der Waals surface area contributed by atoms with E-state index in [0.717, 1.165) is 19.3 Å². The van der Waals surface area contributed by atoms with Gasteiger partial charge in [-0.1, -0.05) is 6.07 Å². The number of halogens is 2. The predicted octanol–water partition coefficient (Wildman–Crippen LogP) is 2.40. The van der Waals surface area contributed by atoms with Crippen LogP contribution >= 0.6 is 0 Å². The lowest BCUT2D eigenvalue weighted by molar-refractivity contribution is 0.000375. The molecular weight excluding hydrogens is 224 g/mol. The average Bonchev–Trinajstić information content (AvgIpc) is 2.35. The molecule has 1 heterocycles. The van der Waals surface area contributed by atoms with Gasteiger partial charge in [-0.15, -0.1) is 0 Å². The van der Waals surface area contributed by atoms with Crippen molar-refractivity contribution in [1.82, 2.24) is 0 Å². The Morgan fingerprint density at radius 1 is 1.29 bits per heavy atom. The Hall–Kier alpha value is -1.00. The summed E-state index contributed by atoms with van der Waals surface area (Å²) in [6.45, 7) is 0.693. The summed E-state index contributed by atoms with van der Waals surface area (Å²) in [5.41, 5.74) is 6.02. The highest BCUT2D eigenvalue weighted by molar-refractivity contribution is 5.21. The molecule has 2 N–H and O–H groups in total. The van der Waals surface area contributed by atoms with Crippen molar-refractivity contribution >= 4 is 0 Å². The van der Waals surface area contributed by atoms with Gasteiger partial charge >= 0.3 is 0 Å². The number of benzene rings is 1. The Morgan fingerprint density at radius 2 is 2.00 bits per heavy atom. The van der Waals surface area contributed by atoms with E-state index in [1.165, 1.54) is 18.2 Å². The SMILES string of the molecule is NC(Cc1c(F)cccc1F)C1CCCCO1. The maximum absolute atomic E-state index is 13.4. The van der Waals surface area contributed by atoms with Crippen LogP contribution in [0.5, 0.6) is 0 Å². The Kier molecular flexibility index (Phi) is 4.07. The summed E-state index contributed by atoms with van der Waals surface area (Å²) in [7, 11) is 0. The lowest BCUT2D eigenvalue weighted by atomic mass is 9.96. The minimum absolute atomic E-state index is 0.0640. The molecule has 0 amide bonds. The van der Waals surface area contributed by atoms with E-state index in [1.807, 2.05) is 0 Å². The van der Waals surface area contributed by atoms with Gasteiger partial charge < -0.3 is 10.5 Å². The van der Waals surface area contributed by atoms with E-state index in [0.29, 0.717) is 6.61 Å². The molecule has 1 aromatic carbocycles. The van der Waals surface area contributed by atoms with Gasteiger partial charge in [0.25, 0.3) is 0 Å². The summed E-state index contributed by atoms with van der Waals surface area (Å²) < 4.78 is 32.4. The molecule has 0 spiro atoms. The fourth-order valence-corrected chi connectivity index (χ4v) is 2.20. The first-order chi connectivity index (χ1) is 8.18. The zero-order valence-electron chi connectivity index (χ0n) is 9.66. The Balaban J connectivity index is 2.04. The highest BCUT2D eigenvalue weighted by Crippen LogP contribution is 2.20. The number of hydrogen-bond acceptors (Lipinski definition) is 2. The molecule has 0 aromatic heterocycles. The summed E-state index contributed by atoms with van der Waals surface area (Å²) >= 11 is 0. The second-order valence-corrected chi connectivity index (χ2v) is 4.47. The van der Waals surface area contributed by atoms with E-state index >= 15 is 0 Å². The maximum Gasteiger partial charge on any atom is 0.129 e. The number of rotatable bonds is 3. The van der Waals surface area contributed by atoms with Crippen molar-refractivity contribution in [2.45, 2.75) is 37.8 Å². The van der Waals surface area contributed by atoms with E-state index in [-0.39, 0.29) is 24.1 Å². The summed E-state index contributed by atoms with van der Waals surface area (Å²) in [5.74, 6) is -1.06. The average molecular weight is 241 g/mol. The van der Waals surface area contributed by atoms with Crippen LogP contribution in [0.3, 0.4) is 0 Å². The molecule has 1 aromatic rings. The van der Waals surface area contributed by atoms with Crippen LogP contribution in [0.1, 0.15) is 24.8 Å². The van der Waals surface area contributed by atoms with E-state index in [4.69, 9.17) is 10.5 Å². The number of hydrogen-bond donors (Lipinski definition) is 1. The molecular formula is C13H17F2NO. The topological polar surface area (TPSA) is 35.2 Å². The molecule has 1 saturated heterocycles. The van der Waals surface area contributed by atoms with Gasteiger partial charge in [0.15, 0.2) is 0 Å². The fourth-order valence-electron chi connectivity index (χ4n) is 2.20. The summed E-state index contributed by atoms with van der Waals surface area (Å²) in [6, 6.07) is 3.53. The minimum Gasteiger partial charge on any atom is -0.377 e. The second-order valence-electron chi connectivity index (χ2n) is 4.47. The van der Waals surface area contributed by atoms with Crippen molar-refractivity contribution in [1.29, 1.82) is 0 Å². The molecule has 1 fully saturated rings. The molecule has 2 atom stereocenters. The molecule has 0 bridgehead atoms. The van der Waals surface area contributed by atoms with Gasteiger partial charge in [0.2, 0.25) is 0 Å². The van der Waals surface area contributed by atoms with Crippen LogP contribution in [0.15, 0.2) is 18.2 Å². The Morgan fingerprint density at radius 3 is 2.59 bits per heavy atom. The van der Waals surface area contributed by atoms with Crippen LogP contribution in [0.4, 0.5) is 8.78 Å². The smallest absolute Gasteiger partial charge is 0.129 e. The highest BCUT2D eigenvalue weighted by Gasteiger charge is 2.23. The molecule has 2 nitrogen and oxygen atoms in total. The molecule has 2 unspecified atom stereocenters. The molecule has 1 aliphatic heterocycles. The molecule has 1 aliphatic rings. The van der Waals surface area contributed by atoms with Crippen LogP contribution in [0.25, 0.3) is 0 Å². The molecule has 17 heavy (non-hydrogen) atoms. The number of nitrogens with two attached hydrogens (primary N) is 1. The van der Waals surface area contributed by atoms with Crippen LogP contribution in [0.2, 0.25) is 0 Å². The van der Waals surface area contributed by atoms with E-state index in [9.17, 15) is 8.78 Å². The maximum atomic E-state index is 13.4. The zero-order chi connectivity index (χ0) is 12.3. The first-order valence-corrected chi connectivity index (χ1v) is 5.98. The van der Waals surface area contributed by atoms with E-state index < -0.39 is 11.6 Å². The van der Waals surface area contributed by atoms with Crippen LogP contribution in [-0.4, -0.2) is 18.8 Å². The van der Waals surface area contributed by atoms with Crippen LogP contribution in [0, 0.1) is 11.6 Å². The fraction of sp³-hybridized carbons (Fsp3) is 0.538. The van der Waals surface area contributed by atoms with E-state index in [2.05, 4.69) is 0 Å². The molecule has 4 heteroatoms. The molecule has 0 aliphatic carbocycles. The van der Waals surface area contributed by atoms with Gasteiger partial charge in [0.1, 0.15) is 11.6 Å². The van der Waals surface area contributed by atoms with Gasteiger partial charge in [0.05, 0.1) is 6.10 Å². The third-order valence-electron chi connectivity index (χ3n) is 3.19. The quantitative estimate of drug-likeness (QED) is 0.882. The van der Waals surface area contributed by atoms with Crippen molar-refractivity contribution in [3.05, 3.63) is 35.4 Å². The largest absolute Gasteiger partial charge is 0.377 e. The summed E-state index contributed by atoms with van der Waals surface area (Å²) in [5, 5.41) is 0. The van der Waals surface area contributed by atoms with Gasteiger partial charge in [-0.25, -0.2) is 8.78 Å². The standard InChI is InChI=1S/C13H17F2NO/c14-10-4-3-5-11(15)9(10)8-12(16)13-6-1-2-7-17-13/h3-5,12-13H,1-2,6-8,16H2. The Labute approximate surface area is 99.8 Å². The van der Waals surface area contributed by atoms with Crippen molar-refractivity contribution < 1.29 is 13.5 Å².